The lowest BCUT2D eigenvalue weighted by Gasteiger charge is -2.36. The van der Waals surface area contributed by atoms with E-state index in [1.165, 1.54) is 0 Å². The van der Waals surface area contributed by atoms with Gasteiger partial charge in [0, 0.05) is 19.6 Å². The van der Waals surface area contributed by atoms with E-state index in [4.69, 9.17) is 9.47 Å². The average molecular weight is 292 g/mol. The van der Waals surface area contributed by atoms with Crippen LogP contribution in [0.15, 0.2) is 30.3 Å². The zero-order valence-electron chi connectivity index (χ0n) is 12.7. The van der Waals surface area contributed by atoms with Gasteiger partial charge in [-0.2, -0.15) is 0 Å². The third kappa shape index (κ3) is 5.83. The Hall–Kier alpha value is -1.43. The number of carbonyl (C=O) groups is 1. The highest BCUT2D eigenvalue weighted by Crippen LogP contribution is 2.15. The van der Waals surface area contributed by atoms with Crippen LogP contribution in [0.4, 0.5) is 0 Å². The first kappa shape index (κ1) is 15.9. The summed E-state index contributed by atoms with van der Waals surface area (Å²) in [4.78, 5) is 11.7. The molecule has 2 rings (SSSR count). The van der Waals surface area contributed by atoms with Crippen molar-refractivity contribution in [3.63, 3.8) is 0 Å². The SMILES string of the molecule is CC1(C)CNCC(COCC(=O)NCc2ccccc2)O1. The van der Waals surface area contributed by atoms with Gasteiger partial charge in [-0.25, -0.2) is 0 Å². The second-order valence-corrected chi connectivity index (χ2v) is 5.91. The van der Waals surface area contributed by atoms with Crippen molar-refractivity contribution in [2.24, 2.45) is 0 Å². The molecule has 1 atom stereocenters. The van der Waals surface area contributed by atoms with Crippen LogP contribution in [-0.2, 0) is 20.8 Å². The topological polar surface area (TPSA) is 59.6 Å². The summed E-state index contributed by atoms with van der Waals surface area (Å²) in [6.07, 6.45) is -0.00401. The number of hydrogen-bond acceptors (Lipinski definition) is 4. The molecule has 5 heteroatoms. The van der Waals surface area contributed by atoms with E-state index in [-0.39, 0.29) is 24.2 Å². The molecule has 0 saturated carbocycles. The number of hydrogen-bond donors (Lipinski definition) is 2. The minimum absolute atomic E-state index is 0.00401. The normalized spacial score (nSPS) is 21.0. The largest absolute Gasteiger partial charge is 0.369 e. The van der Waals surface area contributed by atoms with Gasteiger partial charge in [-0.05, 0) is 19.4 Å². The molecular weight excluding hydrogens is 268 g/mol. The molecule has 0 bridgehead atoms. The van der Waals surface area contributed by atoms with Crippen LogP contribution in [0.3, 0.4) is 0 Å². The minimum Gasteiger partial charge on any atom is -0.369 e. The molecule has 1 amide bonds. The van der Waals surface area contributed by atoms with Crippen molar-refractivity contribution in [2.75, 3.05) is 26.3 Å². The van der Waals surface area contributed by atoms with Gasteiger partial charge < -0.3 is 20.1 Å². The molecule has 1 aliphatic heterocycles. The second kappa shape index (κ2) is 7.54. The number of carbonyl (C=O) groups excluding carboxylic acids is 1. The van der Waals surface area contributed by atoms with Crippen molar-refractivity contribution in [3.8, 4) is 0 Å². The van der Waals surface area contributed by atoms with Crippen LogP contribution in [0.1, 0.15) is 19.4 Å². The summed E-state index contributed by atoms with van der Waals surface area (Å²) in [5.41, 5.74) is 0.898. The van der Waals surface area contributed by atoms with Crippen LogP contribution in [0, 0.1) is 0 Å². The fourth-order valence-electron chi connectivity index (χ4n) is 2.29. The zero-order valence-corrected chi connectivity index (χ0v) is 12.7. The number of nitrogens with one attached hydrogen (secondary N) is 2. The van der Waals surface area contributed by atoms with E-state index in [9.17, 15) is 4.79 Å². The quantitative estimate of drug-likeness (QED) is 0.824. The molecule has 1 fully saturated rings. The van der Waals surface area contributed by atoms with Crippen molar-refractivity contribution >= 4 is 5.91 Å². The predicted octanol–water partition coefficient (Wildman–Crippen LogP) is 1.09. The molecule has 1 unspecified atom stereocenters. The van der Waals surface area contributed by atoms with Gasteiger partial charge >= 0.3 is 0 Å². The summed E-state index contributed by atoms with van der Waals surface area (Å²) >= 11 is 0. The van der Waals surface area contributed by atoms with E-state index in [2.05, 4.69) is 10.6 Å². The van der Waals surface area contributed by atoms with Gasteiger partial charge in [0.05, 0.1) is 18.3 Å². The van der Waals surface area contributed by atoms with Gasteiger partial charge in [-0.3, -0.25) is 4.79 Å². The van der Waals surface area contributed by atoms with Crippen molar-refractivity contribution in [1.82, 2.24) is 10.6 Å². The van der Waals surface area contributed by atoms with E-state index in [0.29, 0.717) is 13.2 Å². The molecule has 1 heterocycles. The van der Waals surface area contributed by atoms with Crippen LogP contribution < -0.4 is 10.6 Å². The van der Waals surface area contributed by atoms with Gasteiger partial charge in [0.2, 0.25) is 5.91 Å². The Morgan fingerprint density at radius 1 is 1.43 bits per heavy atom. The number of morpholine rings is 1. The van der Waals surface area contributed by atoms with E-state index in [0.717, 1.165) is 18.7 Å². The molecule has 1 aromatic carbocycles. The van der Waals surface area contributed by atoms with Crippen molar-refractivity contribution in [2.45, 2.75) is 32.1 Å². The van der Waals surface area contributed by atoms with Gasteiger partial charge in [0.25, 0.3) is 0 Å². The highest BCUT2D eigenvalue weighted by molar-refractivity contribution is 5.77. The molecule has 0 aromatic heterocycles. The first-order chi connectivity index (χ1) is 10.1. The fraction of sp³-hybridized carbons (Fsp3) is 0.562. The highest BCUT2D eigenvalue weighted by Gasteiger charge is 2.28. The monoisotopic (exact) mass is 292 g/mol. The molecule has 0 aliphatic carbocycles. The number of ether oxygens (including phenoxy) is 2. The Kier molecular flexibility index (Phi) is 5.73. The molecule has 21 heavy (non-hydrogen) atoms. The lowest BCUT2D eigenvalue weighted by molar-refractivity contribution is -0.135. The number of amides is 1. The second-order valence-electron chi connectivity index (χ2n) is 5.91. The molecule has 1 aromatic rings. The Morgan fingerprint density at radius 3 is 2.90 bits per heavy atom. The summed E-state index contributed by atoms with van der Waals surface area (Å²) in [6.45, 7) is 6.69. The van der Waals surface area contributed by atoms with Crippen LogP contribution in [0.5, 0.6) is 0 Å². The average Bonchev–Trinajstić information content (AvgIpc) is 2.45. The lowest BCUT2D eigenvalue weighted by atomic mass is 10.1. The maximum absolute atomic E-state index is 11.7. The number of benzene rings is 1. The molecule has 2 N–H and O–H groups in total. The Bertz CT molecular complexity index is 448. The van der Waals surface area contributed by atoms with Crippen LogP contribution >= 0.6 is 0 Å². The van der Waals surface area contributed by atoms with Crippen molar-refractivity contribution in [3.05, 3.63) is 35.9 Å². The van der Waals surface area contributed by atoms with Gasteiger partial charge in [0.15, 0.2) is 0 Å². The molecule has 0 spiro atoms. The Labute approximate surface area is 126 Å². The maximum Gasteiger partial charge on any atom is 0.246 e. The standard InChI is InChI=1S/C16H24N2O3/c1-16(2)12-17-9-14(21-16)10-20-11-15(19)18-8-13-6-4-3-5-7-13/h3-7,14,17H,8-12H2,1-2H3,(H,18,19). The summed E-state index contributed by atoms with van der Waals surface area (Å²) in [5.74, 6) is -0.109. The highest BCUT2D eigenvalue weighted by atomic mass is 16.5. The molecule has 116 valence electrons. The van der Waals surface area contributed by atoms with Crippen LogP contribution in [0.2, 0.25) is 0 Å². The van der Waals surface area contributed by atoms with Crippen LogP contribution in [-0.4, -0.2) is 43.9 Å². The third-order valence-electron chi connectivity index (χ3n) is 3.28. The summed E-state index contributed by atoms with van der Waals surface area (Å²) < 4.78 is 11.3. The summed E-state index contributed by atoms with van der Waals surface area (Å²) in [6, 6.07) is 9.81. The summed E-state index contributed by atoms with van der Waals surface area (Å²) in [5, 5.41) is 6.14. The first-order valence-corrected chi connectivity index (χ1v) is 7.32. The third-order valence-corrected chi connectivity index (χ3v) is 3.28. The van der Waals surface area contributed by atoms with Crippen molar-refractivity contribution in [1.29, 1.82) is 0 Å². The summed E-state index contributed by atoms with van der Waals surface area (Å²) in [7, 11) is 0. The van der Waals surface area contributed by atoms with E-state index < -0.39 is 0 Å². The first-order valence-electron chi connectivity index (χ1n) is 7.32. The van der Waals surface area contributed by atoms with Gasteiger partial charge in [-0.1, -0.05) is 30.3 Å². The predicted molar refractivity (Wildman–Crippen MR) is 80.9 cm³/mol. The van der Waals surface area contributed by atoms with Crippen LogP contribution in [0.25, 0.3) is 0 Å². The Morgan fingerprint density at radius 2 is 2.19 bits per heavy atom. The van der Waals surface area contributed by atoms with Gasteiger partial charge in [0.1, 0.15) is 6.61 Å². The van der Waals surface area contributed by atoms with E-state index >= 15 is 0 Å². The van der Waals surface area contributed by atoms with E-state index in [1.807, 2.05) is 44.2 Å². The Balaban J connectivity index is 1.61. The molecule has 5 nitrogen and oxygen atoms in total. The fourth-order valence-corrected chi connectivity index (χ4v) is 2.29. The molecule has 1 aliphatic rings. The van der Waals surface area contributed by atoms with E-state index in [1.54, 1.807) is 0 Å². The van der Waals surface area contributed by atoms with Crippen molar-refractivity contribution < 1.29 is 14.3 Å². The number of rotatable bonds is 6. The zero-order chi connectivity index (χ0) is 15.1. The maximum atomic E-state index is 11.7. The molecule has 0 radical (unpaired) electrons. The lowest BCUT2D eigenvalue weighted by Crippen LogP contribution is -2.52. The molecule has 1 saturated heterocycles. The molecular formula is C16H24N2O3. The minimum atomic E-state index is -0.179. The smallest absolute Gasteiger partial charge is 0.246 e. The van der Waals surface area contributed by atoms with Gasteiger partial charge in [-0.15, -0.1) is 0 Å².